The highest BCUT2D eigenvalue weighted by Crippen LogP contribution is 2.24. The van der Waals surface area contributed by atoms with E-state index >= 15 is 0 Å². The van der Waals surface area contributed by atoms with Crippen LogP contribution >= 0.6 is 0 Å². The summed E-state index contributed by atoms with van der Waals surface area (Å²) in [4.78, 5) is 11.0. The maximum absolute atomic E-state index is 11.0. The predicted octanol–water partition coefficient (Wildman–Crippen LogP) is 1.37. The fraction of sp³-hybridized carbons (Fsp3) is 0.727. The quantitative estimate of drug-likeness (QED) is 0.718. The van der Waals surface area contributed by atoms with Crippen LogP contribution in [0.25, 0.3) is 0 Å². The number of ketones is 1. The number of rotatable bonds is 3. The highest BCUT2D eigenvalue weighted by atomic mass is 16.3. The number of hydrogen-bond donors (Lipinski definition) is 2. The van der Waals surface area contributed by atoms with Gasteiger partial charge in [-0.15, -0.1) is 0 Å². The van der Waals surface area contributed by atoms with Gasteiger partial charge in [0.1, 0.15) is 0 Å². The lowest BCUT2D eigenvalue weighted by molar-refractivity contribution is -0.114. The molecule has 1 rings (SSSR count). The molecule has 0 saturated heterocycles. The van der Waals surface area contributed by atoms with Crippen molar-refractivity contribution in [3.63, 3.8) is 0 Å². The van der Waals surface area contributed by atoms with Crippen LogP contribution in [0.15, 0.2) is 11.8 Å². The molecule has 0 atom stereocenters. The molecule has 0 aliphatic heterocycles. The molecule has 0 fully saturated rings. The normalized spacial score (nSPS) is 18.4. The van der Waals surface area contributed by atoms with Crippen molar-refractivity contribution in [1.82, 2.24) is 5.32 Å². The third kappa shape index (κ3) is 2.35. The molecule has 0 bridgehead atoms. The van der Waals surface area contributed by atoms with E-state index < -0.39 is 11.1 Å². The van der Waals surface area contributed by atoms with Crippen molar-refractivity contribution in [2.24, 2.45) is 0 Å². The molecule has 14 heavy (non-hydrogen) atoms. The van der Waals surface area contributed by atoms with Gasteiger partial charge in [-0.25, -0.2) is 0 Å². The van der Waals surface area contributed by atoms with Gasteiger partial charge in [0.25, 0.3) is 0 Å². The summed E-state index contributed by atoms with van der Waals surface area (Å²) in [6.07, 6.45) is 2.98. The van der Waals surface area contributed by atoms with E-state index in [1.807, 2.05) is 13.8 Å². The third-order valence-electron chi connectivity index (χ3n) is 2.98. The molecule has 0 aromatic carbocycles. The van der Waals surface area contributed by atoms with E-state index in [1.54, 1.807) is 19.9 Å². The van der Waals surface area contributed by atoms with Gasteiger partial charge in [0.2, 0.25) is 0 Å². The van der Waals surface area contributed by atoms with Crippen molar-refractivity contribution in [2.75, 3.05) is 0 Å². The van der Waals surface area contributed by atoms with Crippen molar-refractivity contribution in [3.8, 4) is 0 Å². The molecule has 0 aromatic heterocycles. The minimum absolute atomic E-state index is 0.166. The van der Waals surface area contributed by atoms with Crippen LogP contribution in [-0.4, -0.2) is 22.0 Å². The van der Waals surface area contributed by atoms with E-state index in [4.69, 9.17) is 0 Å². The minimum Gasteiger partial charge on any atom is -0.388 e. The summed E-state index contributed by atoms with van der Waals surface area (Å²) in [6, 6.07) is 0. The van der Waals surface area contributed by atoms with Crippen molar-refractivity contribution in [2.45, 2.75) is 51.7 Å². The smallest absolute Gasteiger partial charge is 0.157 e. The zero-order chi connectivity index (χ0) is 11.0. The monoisotopic (exact) mass is 197 g/mol. The topological polar surface area (TPSA) is 49.3 Å². The second-order valence-electron chi connectivity index (χ2n) is 4.94. The number of carbonyl (C=O) groups is 1. The maximum Gasteiger partial charge on any atom is 0.157 e. The highest BCUT2D eigenvalue weighted by Gasteiger charge is 2.35. The molecule has 0 amide bonds. The number of carbonyl (C=O) groups excluding carboxylic acids is 1. The van der Waals surface area contributed by atoms with Gasteiger partial charge in [-0.3, -0.25) is 4.79 Å². The fourth-order valence-electron chi connectivity index (χ4n) is 1.25. The lowest BCUT2D eigenvalue weighted by Gasteiger charge is -2.39. The van der Waals surface area contributed by atoms with Gasteiger partial charge in [0.05, 0.1) is 11.1 Å². The van der Waals surface area contributed by atoms with Crippen LogP contribution in [0.2, 0.25) is 0 Å². The number of allylic oxidation sites excluding steroid dienone is 2. The Labute approximate surface area is 85.2 Å². The van der Waals surface area contributed by atoms with E-state index in [-0.39, 0.29) is 5.78 Å². The molecule has 0 spiro atoms. The average Bonchev–Trinajstić information content (AvgIpc) is 2.31. The number of nitrogens with one attached hydrogen (secondary N) is 1. The minimum atomic E-state index is -0.820. The second kappa shape index (κ2) is 3.39. The molecular formula is C11H19NO2. The zero-order valence-corrected chi connectivity index (χ0v) is 9.35. The van der Waals surface area contributed by atoms with Crippen molar-refractivity contribution < 1.29 is 9.90 Å². The van der Waals surface area contributed by atoms with Gasteiger partial charge in [0, 0.05) is 18.2 Å². The van der Waals surface area contributed by atoms with Gasteiger partial charge in [-0.1, -0.05) is 0 Å². The summed E-state index contributed by atoms with van der Waals surface area (Å²) < 4.78 is 0. The second-order valence-corrected chi connectivity index (χ2v) is 4.94. The third-order valence-corrected chi connectivity index (χ3v) is 2.98. The molecule has 0 heterocycles. The van der Waals surface area contributed by atoms with Crippen LogP contribution in [0, 0.1) is 0 Å². The first-order valence-corrected chi connectivity index (χ1v) is 4.96. The van der Waals surface area contributed by atoms with Crippen LogP contribution < -0.4 is 5.32 Å². The molecule has 0 saturated carbocycles. The molecule has 2 N–H and O–H groups in total. The Hall–Kier alpha value is -0.830. The van der Waals surface area contributed by atoms with Crippen LogP contribution in [0.3, 0.4) is 0 Å². The maximum atomic E-state index is 11.0. The first-order valence-electron chi connectivity index (χ1n) is 4.96. The van der Waals surface area contributed by atoms with E-state index in [0.29, 0.717) is 6.42 Å². The van der Waals surface area contributed by atoms with Crippen LogP contribution in [0.5, 0.6) is 0 Å². The predicted molar refractivity (Wildman–Crippen MR) is 55.8 cm³/mol. The largest absolute Gasteiger partial charge is 0.388 e. The van der Waals surface area contributed by atoms with Crippen LogP contribution in [-0.2, 0) is 4.79 Å². The van der Waals surface area contributed by atoms with Gasteiger partial charge in [0.15, 0.2) is 5.78 Å². The first-order chi connectivity index (χ1) is 6.22. The molecule has 1 aliphatic carbocycles. The fourth-order valence-corrected chi connectivity index (χ4v) is 1.25. The SMILES string of the molecule is CC(C)(O)C(C)(C)NC1=CC(=O)CC1. The Morgan fingerprint density at radius 2 is 1.86 bits per heavy atom. The Balaban J connectivity index is 2.69. The summed E-state index contributed by atoms with van der Waals surface area (Å²) in [7, 11) is 0. The zero-order valence-electron chi connectivity index (χ0n) is 9.35. The summed E-state index contributed by atoms with van der Waals surface area (Å²) in [5.74, 6) is 0.166. The number of hydrogen-bond acceptors (Lipinski definition) is 3. The summed E-state index contributed by atoms with van der Waals surface area (Å²) >= 11 is 0. The van der Waals surface area contributed by atoms with Gasteiger partial charge < -0.3 is 10.4 Å². The molecular weight excluding hydrogens is 178 g/mol. The van der Waals surface area contributed by atoms with Crippen LogP contribution in [0.1, 0.15) is 40.5 Å². The summed E-state index contributed by atoms with van der Waals surface area (Å²) in [5, 5.41) is 13.1. The molecule has 1 aliphatic rings. The summed E-state index contributed by atoms with van der Waals surface area (Å²) in [5.41, 5.74) is -0.315. The molecule has 3 nitrogen and oxygen atoms in total. The van der Waals surface area contributed by atoms with Gasteiger partial charge in [-0.05, 0) is 34.1 Å². The highest BCUT2D eigenvalue weighted by molar-refractivity contribution is 5.92. The standard InChI is InChI=1S/C11H19NO2/c1-10(2,11(3,4)14)12-8-5-6-9(13)7-8/h7,12,14H,5-6H2,1-4H3. The Morgan fingerprint density at radius 1 is 1.29 bits per heavy atom. The Kier molecular flexibility index (Phi) is 2.72. The average molecular weight is 197 g/mol. The van der Waals surface area contributed by atoms with Crippen LogP contribution in [0.4, 0.5) is 0 Å². The Bertz CT molecular complexity index is 272. The molecule has 0 aromatic rings. The molecule has 0 radical (unpaired) electrons. The first kappa shape index (κ1) is 11.2. The van der Waals surface area contributed by atoms with E-state index in [0.717, 1.165) is 12.1 Å². The van der Waals surface area contributed by atoms with Gasteiger partial charge in [-0.2, -0.15) is 0 Å². The Morgan fingerprint density at radius 3 is 2.21 bits per heavy atom. The number of aliphatic hydroxyl groups is 1. The summed E-state index contributed by atoms with van der Waals surface area (Å²) in [6.45, 7) is 7.38. The van der Waals surface area contributed by atoms with Crippen molar-refractivity contribution in [1.29, 1.82) is 0 Å². The van der Waals surface area contributed by atoms with E-state index in [9.17, 15) is 9.90 Å². The molecule has 0 unspecified atom stereocenters. The molecule has 80 valence electrons. The van der Waals surface area contributed by atoms with Gasteiger partial charge >= 0.3 is 0 Å². The van der Waals surface area contributed by atoms with E-state index in [2.05, 4.69) is 5.32 Å². The lowest BCUT2D eigenvalue weighted by Crippen LogP contribution is -2.55. The molecule has 3 heteroatoms. The van der Waals surface area contributed by atoms with E-state index in [1.165, 1.54) is 0 Å². The lowest BCUT2D eigenvalue weighted by atomic mass is 9.85. The van der Waals surface area contributed by atoms with Crippen molar-refractivity contribution in [3.05, 3.63) is 11.8 Å². The van der Waals surface area contributed by atoms with Crippen molar-refractivity contribution >= 4 is 5.78 Å².